The summed E-state index contributed by atoms with van der Waals surface area (Å²) >= 11 is 0. The van der Waals surface area contributed by atoms with Crippen LogP contribution in [0.25, 0.3) is 0 Å². The Bertz CT molecular complexity index is 760. The van der Waals surface area contributed by atoms with Crippen molar-refractivity contribution in [1.82, 2.24) is 15.3 Å². The molecule has 5 rings (SSSR count). The number of carbonyl (C=O) groups is 1. The van der Waals surface area contributed by atoms with E-state index in [-0.39, 0.29) is 11.4 Å². The average Bonchev–Trinajstić information content (AvgIpc) is 3.50. The number of likely N-dealkylation sites (tertiary alicyclic amines) is 1. The molecule has 2 aliphatic carbocycles. The van der Waals surface area contributed by atoms with E-state index in [0.29, 0.717) is 18.1 Å². The summed E-state index contributed by atoms with van der Waals surface area (Å²) in [6.45, 7) is 2.74. The number of hydrogen-bond acceptors (Lipinski definition) is 4. The zero-order valence-corrected chi connectivity index (χ0v) is 15.7. The van der Waals surface area contributed by atoms with Crippen LogP contribution in [0, 0.1) is 5.82 Å². The first-order chi connectivity index (χ1) is 13.1. The largest absolute Gasteiger partial charge is 0.296 e. The summed E-state index contributed by atoms with van der Waals surface area (Å²) in [4.78, 5) is 16.9. The van der Waals surface area contributed by atoms with E-state index in [9.17, 15) is 9.18 Å². The molecule has 2 N–H and O–H groups in total. The van der Waals surface area contributed by atoms with Crippen molar-refractivity contribution in [2.75, 3.05) is 13.1 Å². The predicted octanol–water partition coefficient (Wildman–Crippen LogP) is 2.85. The lowest BCUT2D eigenvalue weighted by Crippen LogP contribution is -2.62. The smallest absolute Gasteiger partial charge is 0.274 e. The van der Waals surface area contributed by atoms with E-state index >= 15 is 0 Å². The van der Waals surface area contributed by atoms with Crippen molar-refractivity contribution in [3.05, 3.63) is 34.6 Å². The zero-order chi connectivity index (χ0) is 18.6. The summed E-state index contributed by atoms with van der Waals surface area (Å²) in [5, 5.41) is 8.80. The number of fused-ring (bicyclic) bond motifs is 1. The van der Waals surface area contributed by atoms with E-state index in [1.807, 2.05) is 0 Å². The third-order valence-corrected chi connectivity index (χ3v) is 7.40. The molecule has 0 aromatic heterocycles. The molecular weight excluding hydrogens is 345 g/mol. The van der Waals surface area contributed by atoms with Gasteiger partial charge in [0.2, 0.25) is 0 Å². The number of carbonyl (C=O) groups excluding carboxylic acids is 1. The molecule has 0 bridgehead atoms. The number of amides is 1. The quantitative estimate of drug-likeness (QED) is 0.632. The first-order valence-electron chi connectivity index (χ1n) is 10.4. The van der Waals surface area contributed by atoms with Crippen molar-refractivity contribution < 1.29 is 14.4 Å². The van der Waals surface area contributed by atoms with E-state index in [0.717, 1.165) is 30.1 Å². The van der Waals surface area contributed by atoms with Crippen LogP contribution < -0.4 is 5.48 Å². The van der Waals surface area contributed by atoms with Gasteiger partial charge in [0.1, 0.15) is 5.82 Å². The molecular formula is C21H28FN3O2. The molecule has 5 nitrogen and oxygen atoms in total. The van der Waals surface area contributed by atoms with E-state index in [1.165, 1.54) is 57.6 Å². The highest BCUT2D eigenvalue weighted by atomic mass is 19.1. The van der Waals surface area contributed by atoms with E-state index < -0.39 is 5.91 Å². The van der Waals surface area contributed by atoms with E-state index in [4.69, 9.17) is 5.21 Å². The van der Waals surface area contributed by atoms with Crippen molar-refractivity contribution in [3.8, 4) is 0 Å². The molecule has 1 atom stereocenters. The van der Waals surface area contributed by atoms with E-state index in [2.05, 4.69) is 9.80 Å². The van der Waals surface area contributed by atoms with Gasteiger partial charge in [0.25, 0.3) is 5.91 Å². The fourth-order valence-electron chi connectivity index (χ4n) is 5.67. The summed E-state index contributed by atoms with van der Waals surface area (Å²) in [6.07, 6.45) is 9.93. The number of hydroxylamine groups is 1. The van der Waals surface area contributed by atoms with Crippen LogP contribution in [0.2, 0.25) is 0 Å². The molecule has 1 spiro atoms. The van der Waals surface area contributed by atoms with Gasteiger partial charge in [-0.1, -0.05) is 0 Å². The van der Waals surface area contributed by atoms with Gasteiger partial charge < -0.3 is 0 Å². The van der Waals surface area contributed by atoms with Gasteiger partial charge in [-0.2, -0.15) is 0 Å². The molecule has 1 aromatic rings. The molecule has 146 valence electrons. The van der Waals surface area contributed by atoms with Crippen molar-refractivity contribution >= 4 is 5.91 Å². The van der Waals surface area contributed by atoms with Gasteiger partial charge in [0.15, 0.2) is 0 Å². The van der Waals surface area contributed by atoms with Crippen LogP contribution in [0.1, 0.15) is 66.4 Å². The highest BCUT2D eigenvalue weighted by molar-refractivity contribution is 5.93. The van der Waals surface area contributed by atoms with E-state index in [1.54, 1.807) is 11.5 Å². The van der Waals surface area contributed by atoms with Gasteiger partial charge in [-0.3, -0.25) is 19.8 Å². The Hall–Kier alpha value is -1.50. The lowest BCUT2D eigenvalue weighted by atomic mass is 9.68. The molecule has 3 fully saturated rings. The van der Waals surface area contributed by atoms with Crippen LogP contribution in [0.3, 0.4) is 0 Å². The number of nitrogens with zero attached hydrogens (tertiary/aromatic N) is 2. The average molecular weight is 373 g/mol. The van der Waals surface area contributed by atoms with Crippen LogP contribution in [0.5, 0.6) is 0 Å². The topological polar surface area (TPSA) is 55.8 Å². The molecule has 4 aliphatic rings. The van der Waals surface area contributed by atoms with Crippen LogP contribution >= 0.6 is 0 Å². The summed E-state index contributed by atoms with van der Waals surface area (Å²) in [5.74, 6) is -0.983. The summed E-state index contributed by atoms with van der Waals surface area (Å²) in [6, 6.07) is 4.34. The fraction of sp³-hybridized carbons (Fsp3) is 0.667. The van der Waals surface area contributed by atoms with Crippen LogP contribution in [-0.2, 0) is 13.0 Å². The molecule has 2 aliphatic heterocycles. The van der Waals surface area contributed by atoms with Crippen molar-refractivity contribution in [1.29, 1.82) is 0 Å². The van der Waals surface area contributed by atoms with Gasteiger partial charge in [-0.15, -0.1) is 0 Å². The number of rotatable bonds is 3. The number of nitrogens with one attached hydrogen (secondary N) is 1. The maximum atomic E-state index is 14.7. The van der Waals surface area contributed by atoms with Gasteiger partial charge >= 0.3 is 0 Å². The van der Waals surface area contributed by atoms with Crippen LogP contribution in [0.15, 0.2) is 12.1 Å². The first-order valence-corrected chi connectivity index (χ1v) is 10.4. The lowest BCUT2D eigenvalue weighted by molar-refractivity contribution is -0.0590. The second kappa shape index (κ2) is 6.54. The minimum atomic E-state index is -0.654. The summed E-state index contributed by atoms with van der Waals surface area (Å²) in [5.41, 5.74) is 3.83. The van der Waals surface area contributed by atoms with Gasteiger partial charge in [-0.05, 0) is 69.1 Å². The minimum Gasteiger partial charge on any atom is -0.296 e. The summed E-state index contributed by atoms with van der Waals surface area (Å²) < 4.78 is 14.7. The number of hydrogen-bond donors (Lipinski definition) is 2. The van der Waals surface area contributed by atoms with Crippen LogP contribution in [-0.4, -0.2) is 51.6 Å². The standard InChI is InChI=1S/C21H28FN3O2/c22-19-11-15(20(26)23-27)10-14-4-8-24(13-18(14)19)17-5-9-25(16-2-3-16)21(12-17)6-1-7-21/h10-11,16-17,27H,1-9,12-13H2,(H,23,26)/t17-/m0/s1. The number of piperidine rings is 1. The lowest BCUT2D eigenvalue weighted by Gasteiger charge is -2.57. The molecule has 1 saturated heterocycles. The highest BCUT2D eigenvalue weighted by Gasteiger charge is 2.51. The molecule has 27 heavy (non-hydrogen) atoms. The molecule has 2 saturated carbocycles. The number of benzene rings is 1. The fourth-order valence-corrected chi connectivity index (χ4v) is 5.67. The maximum absolute atomic E-state index is 14.7. The molecule has 2 heterocycles. The third-order valence-electron chi connectivity index (χ3n) is 7.40. The third kappa shape index (κ3) is 2.98. The second-order valence-corrected chi connectivity index (χ2v) is 8.91. The minimum absolute atomic E-state index is 0.188. The Labute approximate surface area is 159 Å². The monoisotopic (exact) mass is 373 g/mol. The molecule has 1 amide bonds. The van der Waals surface area contributed by atoms with Crippen molar-refractivity contribution in [2.45, 2.75) is 75.5 Å². The predicted molar refractivity (Wildman–Crippen MR) is 99.1 cm³/mol. The molecule has 1 aromatic carbocycles. The highest BCUT2D eigenvalue weighted by Crippen LogP contribution is 2.50. The van der Waals surface area contributed by atoms with Crippen LogP contribution in [0.4, 0.5) is 4.39 Å². The Morgan fingerprint density at radius 3 is 2.67 bits per heavy atom. The summed E-state index contributed by atoms with van der Waals surface area (Å²) in [7, 11) is 0. The molecule has 0 radical (unpaired) electrons. The van der Waals surface area contributed by atoms with Gasteiger partial charge in [-0.25, -0.2) is 9.87 Å². The van der Waals surface area contributed by atoms with Gasteiger partial charge in [0, 0.05) is 48.4 Å². The SMILES string of the molecule is O=C(NO)c1cc(F)c2c(c1)CCN([C@H]1CCN(C3CC3)C3(CCC3)C1)C2. The van der Waals surface area contributed by atoms with Crippen molar-refractivity contribution in [3.63, 3.8) is 0 Å². The Morgan fingerprint density at radius 1 is 1.19 bits per heavy atom. The molecule has 6 heteroatoms. The first kappa shape index (κ1) is 17.6. The number of halogens is 1. The maximum Gasteiger partial charge on any atom is 0.274 e. The molecule has 0 unspecified atom stereocenters. The zero-order valence-electron chi connectivity index (χ0n) is 15.7. The second-order valence-electron chi connectivity index (χ2n) is 8.91. The van der Waals surface area contributed by atoms with Crippen molar-refractivity contribution in [2.24, 2.45) is 0 Å². The Morgan fingerprint density at radius 2 is 2.00 bits per heavy atom. The normalized spacial score (nSPS) is 27.9. The Balaban J connectivity index is 1.33. The Kier molecular flexibility index (Phi) is 4.26. The van der Waals surface area contributed by atoms with Gasteiger partial charge in [0.05, 0.1) is 0 Å².